The second-order valence-corrected chi connectivity index (χ2v) is 6.63. The zero-order valence-corrected chi connectivity index (χ0v) is 12.5. The minimum Gasteiger partial charge on any atom is -0.359 e. The Bertz CT molecular complexity index is 608. The van der Waals surface area contributed by atoms with Gasteiger partial charge >= 0.3 is 0 Å². The number of rotatable bonds is 2. The molecule has 2 aromatic heterocycles. The summed E-state index contributed by atoms with van der Waals surface area (Å²) in [6.07, 6.45) is 0. The van der Waals surface area contributed by atoms with Crippen molar-refractivity contribution in [2.24, 2.45) is 0 Å². The molecule has 5 nitrogen and oxygen atoms in total. The fourth-order valence-corrected chi connectivity index (χ4v) is 2.42. The molecule has 0 atom stereocenters. The Labute approximate surface area is 116 Å². The van der Waals surface area contributed by atoms with Crippen molar-refractivity contribution in [2.45, 2.75) is 40.0 Å². The second kappa shape index (κ2) is 4.77. The lowest BCUT2D eigenvalue weighted by Gasteiger charge is -2.11. The molecule has 0 aliphatic heterocycles. The highest BCUT2D eigenvalue weighted by Gasteiger charge is 2.21. The predicted octanol–water partition coefficient (Wildman–Crippen LogP) is 3.30. The van der Waals surface area contributed by atoms with Crippen LogP contribution in [0.2, 0.25) is 0 Å². The van der Waals surface area contributed by atoms with E-state index in [1.165, 1.54) is 11.3 Å². The zero-order chi connectivity index (χ0) is 14.2. The summed E-state index contributed by atoms with van der Waals surface area (Å²) in [7, 11) is 0. The Morgan fingerprint density at radius 2 is 2.05 bits per heavy atom. The third-order valence-corrected chi connectivity index (χ3v) is 3.67. The Balaban J connectivity index is 2.16. The number of hydrogen-bond donors (Lipinski definition) is 1. The Hall–Kier alpha value is -1.69. The highest BCUT2D eigenvalue weighted by Crippen LogP contribution is 2.25. The predicted molar refractivity (Wildman–Crippen MR) is 74.7 cm³/mol. The minimum absolute atomic E-state index is 0.132. The first-order valence-electron chi connectivity index (χ1n) is 6.00. The van der Waals surface area contributed by atoms with Crippen LogP contribution in [0.15, 0.2) is 10.6 Å². The first kappa shape index (κ1) is 13.7. The maximum Gasteiger partial charge on any atom is 0.268 e. The van der Waals surface area contributed by atoms with Gasteiger partial charge in [0.2, 0.25) is 0 Å². The molecule has 102 valence electrons. The lowest BCUT2D eigenvalue weighted by molar-refractivity contribution is 0.102. The number of nitrogens with one attached hydrogen (secondary N) is 1. The summed E-state index contributed by atoms with van der Waals surface area (Å²) in [5.74, 6) is 0.970. The van der Waals surface area contributed by atoms with Crippen molar-refractivity contribution in [1.82, 2.24) is 10.1 Å². The van der Waals surface area contributed by atoms with Crippen molar-refractivity contribution in [3.63, 3.8) is 0 Å². The summed E-state index contributed by atoms with van der Waals surface area (Å²) in [4.78, 5) is 16.9. The van der Waals surface area contributed by atoms with Crippen LogP contribution in [-0.4, -0.2) is 16.0 Å². The first-order valence-corrected chi connectivity index (χ1v) is 6.81. The molecular weight excluding hydrogens is 262 g/mol. The molecule has 0 aliphatic rings. The Morgan fingerprint density at radius 1 is 1.37 bits per heavy atom. The van der Waals surface area contributed by atoms with Gasteiger partial charge in [-0.3, -0.25) is 4.79 Å². The monoisotopic (exact) mass is 279 g/mol. The van der Waals surface area contributed by atoms with E-state index in [9.17, 15) is 4.79 Å². The molecule has 1 N–H and O–H groups in total. The minimum atomic E-state index is -0.197. The largest absolute Gasteiger partial charge is 0.359 e. The van der Waals surface area contributed by atoms with Crippen LogP contribution in [0.4, 0.5) is 5.82 Å². The molecule has 0 unspecified atom stereocenters. The van der Waals surface area contributed by atoms with E-state index in [2.05, 4.69) is 15.5 Å². The molecule has 2 rings (SSSR count). The molecule has 0 fully saturated rings. The SMILES string of the molecule is Cc1nc(C)c(C(=O)Nc2cc(C(C)(C)C)on2)s1. The molecule has 2 heterocycles. The number of nitrogens with zero attached hydrogens (tertiary/aromatic N) is 2. The van der Waals surface area contributed by atoms with Gasteiger partial charge in [0.25, 0.3) is 5.91 Å². The fraction of sp³-hybridized carbons (Fsp3) is 0.462. The maximum absolute atomic E-state index is 12.1. The van der Waals surface area contributed by atoms with E-state index in [0.29, 0.717) is 10.7 Å². The van der Waals surface area contributed by atoms with Gasteiger partial charge in [-0.15, -0.1) is 11.3 Å². The van der Waals surface area contributed by atoms with Crippen molar-refractivity contribution < 1.29 is 9.32 Å². The van der Waals surface area contributed by atoms with Crippen molar-refractivity contribution in [1.29, 1.82) is 0 Å². The van der Waals surface area contributed by atoms with E-state index in [-0.39, 0.29) is 11.3 Å². The van der Waals surface area contributed by atoms with Crippen LogP contribution in [0.5, 0.6) is 0 Å². The normalized spacial score (nSPS) is 11.6. The summed E-state index contributed by atoms with van der Waals surface area (Å²) in [6.45, 7) is 9.77. The van der Waals surface area contributed by atoms with Crippen molar-refractivity contribution in [3.8, 4) is 0 Å². The molecule has 0 spiro atoms. The molecule has 6 heteroatoms. The summed E-state index contributed by atoms with van der Waals surface area (Å²) < 4.78 is 5.22. The molecule has 0 radical (unpaired) electrons. The lowest BCUT2D eigenvalue weighted by atomic mass is 9.93. The molecule has 0 saturated heterocycles. The van der Waals surface area contributed by atoms with E-state index in [1.807, 2.05) is 34.6 Å². The van der Waals surface area contributed by atoms with Gasteiger partial charge in [-0.25, -0.2) is 4.98 Å². The topological polar surface area (TPSA) is 68.0 Å². The van der Waals surface area contributed by atoms with Gasteiger partial charge in [0.1, 0.15) is 10.6 Å². The van der Waals surface area contributed by atoms with Gasteiger partial charge in [-0.1, -0.05) is 25.9 Å². The summed E-state index contributed by atoms with van der Waals surface area (Å²) in [5.41, 5.74) is 0.604. The van der Waals surface area contributed by atoms with Crippen LogP contribution < -0.4 is 5.32 Å². The zero-order valence-electron chi connectivity index (χ0n) is 11.7. The standard InChI is InChI=1S/C13H17N3O2S/c1-7-11(19-8(2)14-7)12(17)15-10-6-9(18-16-10)13(3,4)5/h6H,1-5H3,(H,15,16,17). The third-order valence-electron chi connectivity index (χ3n) is 2.60. The average molecular weight is 279 g/mol. The highest BCUT2D eigenvalue weighted by molar-refractivity contribution is 7.13. The molecule has 0 saturated carbocycles. The molecule has 2 aromatic rings. The van der Waals surface area contributed by atoms with E-state index in [1.54, 1.807) is 6.07 Å². The summed E-state index contributed by atoms with van der Waals surface area (Å²) in [6, 6.07) is 1.75. The number of aryl methyl sites for hydroxylation is 2. The molecule has 19 heavy (non-hydrogen) atoms. The van der Waals surface area contributed by atoms with Crippen LogP contribution in [0.3, 0.4) is 0 Å². The number of anilines is 1. The van der Waals surface area contributed by atoms with Gasteiger partial charge < -0.3 is 9.84 Å². The second-order valence-electron chi connectivity index (χ2n) is 5.43. The van der Waals surface area contributed by atoms with Crippen molar-refractivity contribution >= 4 is 23.1 Å². The van der Waals surface area contributed by atoms with Crippen LogP contribution in [0.1, 0.15) is 46.9 Å². The van der Waals surface area contributed by atoms with E-state index in [0.717, 1.165) is 16.5 Å². The maximum atomic E-state index is 12.1. The van der Waals surface area contributed by atoms with E-state index < -0.39 is 0 Å². The van der Waals surface area contributed by atoms with Crippen molar-refractivity contribution in [2.75, 3.05) is 5.32 Å². The molecule has 0 aromatic carbocycles. The average Bonchev–Trinajstić information content (AvgIpc) is 2.84. The number of hydrogen-bond acceptors (Lipinski definition) is 5. The number of carbonyl (C=O) groups is 1. The third kappa shape index (κ3) is 3.01. The van der Waals surface area contributed by atoms with Gasteiger partial charge in [-0.2, -0.15) is 0 Å². The highest BCUT2D eigenvalue weighted by atomic mass is 32.1. The Kier molecular flexibility index (Phi) is 3.45. The Morgan fingerprint density at radius 3 is 2.53 bits per heavy atom. The van der Waals surface area contributed by atoms with Crippen LogP contribution in [0.25, 0.3) is 0 Å². The number of amides is 1. The van der Waals surface area contributed by atoms with Gasteiger partial charge in [-0.05, 0) is 13.8 Å². The molecule has 1 amide bonds. The van der Waals surface area contributed by atoms with Crippen LogP contribution in [-0.2, 0) is 5.41 Å². The van der Waals surface area contributed by atoms with Crippen LogP contribution in [0, 0.1) is 13.8 Å². The van der Waals surface area contributed by atoms with Gasteiger partial charge in [0.05, 0.1) is 10.7 Å². The summed E-state index contributed by atoms with van der Waals surface area (Å²) >= 11 is 1.37. The molecule has 0 aliphatic carbocycles. The molecular formula is C13H17N3O2S. The van der Waals surface area contributed by atoms with E-state index in [4.69, 9.17) is 4.52 Å². The molecule has 0 bridgehead atoms. The number of aromatic nitrogens is 2. The quantitative estimate of drug-likeness (QED) is 0.915. The number of carbonyl (C=O) groups excluding carboxylic acids is 1. The van der Waals surface area contributed by atoms with Crippen molar-refractivity contribution in [3.05, 3.63) is 27.4 Å². The van der Waals surface area contributed by atoms with Gasteiger partial charge in [0.15, 0.2) is 5.82 Å². The van der Waals surface area contributed by atoms with Crippen LogP contribution >= 0.6 is 11.3 Å². The first-order chi connectivity index (χ1) is 8.77. The lowest BCUT2D eigenvalue weighted by Crippen LogP contribution is -2.12. The van der Waals surface area contributed by atoms with Gasteiger partial charge in [0, 0.05) is 11.5 Å². The smallest absolute Gasteiger partial charge is 0.268 e. The number of thiazole rings is 1. The summed E-state index contributed by atoms with van der Waals surface area (Å²) in [5, 5.41) is 7.47. The van der Waals surface area contributed by atoms with E-state index >= 15 is 0 Å². The fourth-order valence-electron chi connectivity index (χ4n) is 1.60.